The van der Waals surface area contributed by atoms with Gasteiger partial charge < -0.3 is 4.74 Å². The summed E-state index contributed by atoms with van der Waals surface area (Å²) >= 11 is 0. The van der Waals surface area contributed by atoms with Gasteiger partial charge in [-0.05, 0) is 18.2 Å². The first-order valence-corrected chi connectivity index (χ1v) is 6.09. The second kappa shape index (κ2) is 5.97. The zero-order chi connectivity index (χ0) is 8.85. The first-order chi connectivity index (χ1) is 5.09. The van der Waals surface area contributed by atoms with E-state index in [-0.39, 0.29) is 7.92 Å². The van der Waals surface area contributed by atoms with Crippen LogP contribution in [0.15, 0.2) is 0 Å². The Kier molecular flexibility index (Phi) is 6.18. The molecule has 2 heteroatoms. The maximum absolute atomic E-state index is 5.45. The van der Waals surface area contributed by atoms with Crippen molar-refractivity contribution in [2.45, 2.75) is 45.9 Å². The molecule has 0 bridgehead atoms. The van der Waals surface area contributed by atoms with E-state index in [1.165, 1.54) is 0 Å². The van der Waals surface area contributed by atoms with E-state index >= 15 is 0 Å². The third-order valence-electron chi connectivity index (χ3n) is 1.77. The lowest BCUT2D eigenvalue weighted by atomic mass is 10.5. The average molecular weight is 176 g/mol. The SMILES string of the molecule is CCOCP(C(C)C)C(C)C. The fraction of sp³-hybridized carbons (Fsp3) is 1.00. The Hall–Kier alpha value is 0.390. The highest BCUT2D eigenvalue weighted by Crippen LogP contribution is 2.45. The zero-order valence-electron chi connectivity index (χ0n) is 8.42. The third kappa shape index (κ3) is 4.76. The van der Waals surface area contributed by atoms with Gasteiger partial charge in [-0.25, -0.2) is 0 Å². The van der Waals surface area contributed by atoms with Gasteiger partial charge in [-0.2, -0.15) is 0 Å². The molecule has 0 spiro atoms. The minimum Gasteiger partial charge on any atom is -0.377 e. The number of rotatable bonds is 5. The standard InChI is InChI=1S/C9H21OP/c1-6-10-7-11(8(2)3)9(4)5/h8-9H,6-7H2,1-5H3. The van der Waals surface area contributed by atoms with Crippen molar-refractivity contribution >= 4 is 7.92 Å². The van der Waals surface area contributed by atoms with Gasteiger partial charge >= 0.3 is 0 Å². The molecule has 0 aliphatic rings. The largest absolute Gasteiger partial charge is 0.377 e. The molecule has 0 saturated carbocycles. The van der Waals surface area contributed by atoms with Crippen LogP contribution in [0, 0.1) is 0 Å². The number of ether oxygens (including phenoxy) is 1. The van der Waals surface area contributed by atoms with Crippen LogP contribution in [0.2, 0.25) is 0 Å². The Bertz CT molecular complexity index is 83.6. The van der Waals surface area contributed by atoms with E-state index in [2.05, 4.69) is 34.6 Å². The van der Waals surface area contributed by atoms with Gasteiger partial charge in [0.05, 0.1) is 6.35 Å². The summed E-state index contributed by atoms with van der Waals surface area (Å²) < 4.78 is 5.45. The molecule has 0 heterocycles. The van der Waals surface area contributed by atoms with Crippen molar-refractivity contribution in [3.63, 3.8) is 0 Å². The second-order valence-corrected chi connectivity index (χ2v) is 6.68. The molecule has 68 valence electrons. The number of hydrogen-bond donors (Lipinski definition) is 0. The van der Waals surface area contributed by atoms with Crippen molar-refractivity contribution in [1.29, 1.82) is 0 Å². The maximum Gasteiger partial charge on any atom is 0.0663 e. The molecule has 0 N–H and O–H groups in total. The highest BCUT2D eigenvalue weighted by atomic mass is 31.1. The van der Waals surface area contributed by atoms with Gasteiger partial charge in [0.2, 0.25) is 0 Å². The van der Waals surface area contributed by atoms with E-state index in [4.69, 9.17) is 4.74 Å². The summed E-state index contributed by atoms with van der Waals surface area (Å²) in [6, 6.07) is 0. The lowest BCUT2D eigenvalue weighted by Crippen LogP contribution is -2.08. The summed E-state index contributed by atoms with van der Waals surface area (Å²) in [5.41, 5.74) is 1.60. The third-order valence-corrected chi connectivity index (χ3v) is 4.90. The lowest BCUT2D eigenvalue weighted by Gasteiger charge is -2.24. The van der Waals surface area contributed by atoms with Crippen molar-refractivity contribution in [3.05, 3.63) is 0 Å². The molecule has 0 aliphatic heterocycles. The molecular weight excluding hydrogens is 155 g/mol. The van der Waals surface area contributed by atoms with E-state index in [0.717, 1.165) is 24.3 Å². The van der Waals surface area contributed by atoms with Crippen LogP contribution in [0.4, 0.5) is 0 Å². The molecule has 0 radical (unpaired) electrons. The van der Waals surface area contributed by atoms with Gasteiger partial charge in [0, 0.05) is 6.61 Å². The average Bonchev–Trinajstić information content (AvgIpc) is 1.87. The second-order valence-electron chi connectivity index (χ2n) is 3.32. The van der Waals surface area contributed by atoms with Crippen LogP contribution in [0.3, 0.4) is 0 Å². The molecule has 0 fully saturated rings. The van der Waals surface area contributed by atoms with Crippen LogP contribution in [-0.2, 0) is 4.74 Å². The molecule has 0 saturated heterocycles. The van der Waals surface area contributed by atoms with E-state index in [1.54, 1.807) is 0 Å². The Morgan fingerprint density at radius 3 is 1.82 bits per heavy atom. The van der Waals surface area contributed by atoms with Crippen molar-refractivity contribution in [2.24, 2.45) is 0 Å². The van der Waals surface area contributed by atoms with Gasteiger partial charge in [-0.15, -0.1) is 0 Å². The van der Waals surface area contributed by atoms with Crippen LogP contribution in [0.5, 0.6) is 0 Å². The molecule has 0 aliphatic carbocycles. The Balaban J connectivity index is 3.70. The molecule has 0 unspecified atom stereocenters. The van der Waals surface area contributed by atoms with Gasteiger partial charge in [0.25, 0.3) is 0 Å². The summed E-state index contributed by atoms with van der Waals surface area (Å²) in [5.74, 6) is 0. The van der Waals surface area contributed by atoms with Gasteiger partial charge in [0.1, 0.15) is 0 Å². The van der Waals surface area contributed by atoms with Gasteiger partial charge in [0.15, 0.2) is 0 Å². The molecule has 0 aromatic carbocycles. The smallest absolute Gasteiger partial charge is 0.0663 e. The minimum absolute atomic E-state index is 0.0932. The fourth-order valence-corrected chi connectivity index (χ4v) is 3.27. The molecular formula is C9H21OP. The van der Waals surface area contributed by atoms with Gasteiger partial charge in [-0.1, -0.05) is 35.6 Å². The lowest BCUT2D eigenvalue weighted by molar-refractivity contribution is 0.195. The Morgan fingerprint density at radius 1 is 1.09 bits per heavy atom. The van der Waals surface area contributed by atoms with Crippen molar-refractivity contribution < 1.29 is 4.74 Å². The molecule has 0 rings (SSSR count). The summed E-state index contributed by atoms with van der Waals surface area (Å²) in [6.45, 7) is 12.1. The van der Waals surface area contributed by atoms with E-state index < -0.39 is 0 Å². The summed E-state index contributed by atoms with van der Waals surface area (Å²) in [4.78, 5) is 0. The van der Waals surface area contributed by atoms with Crippen molar-refractivity contribution in [1.82, 2.24) is 0 Å². The van der Waals surface area contributed by atoms with E-state index in [9.17, 15) is 0 Å². The van der Waals surface area contributed by atoms with Crippen molar-refractivity contribution in [2.75, 3.05) is 13.0 Å². The minimum atomic E-state index is 0.0932. The summed E-state index contributed by atoms with van der Waals surface area (Å²) in [7, 11) is 0.0932. The molecule has 0 amide bonds. The molecule has 11 heavy (non-hydrogen) atoms. The first kappa shape index (κ1) is 11.4. The molecule has 1 nitrogen and oxygen atoms in total. The van der Waals surface area contributed by atoms with Crippen LogP contribution >= 0.6 is 7.92 Å². The fourth-order valence-electron chi connectivity index (χ4n) is 1.09. The van der Waals surface area contributed by atoms with Crippen molar-refractivity contribution in [3.8, 4) is 0 Å². The predicted molar refractivity (Wildman–Crippen MR) is 53.7 cm³/mol. The summed E-state index contributed by atoms with van der Waals surface area (Å²) in [6.07, 6.45) is 0.987. The summed E-state index contributed by atoms with van der Waals surface area (Å²) in [5, 5.41) is 0. The Morgan fingerprint density at radius 2 is 1.55 bits per heavy atom. The van der Waals surface area contributed by atoms with Crippen LogP contribution in [-0.4, -0.2) is 24.3 Å². The topological polar surface area (TPSA) is 9.23 Å². The van der Waals surface area contributed by atoms with Gasteiger partial charge in [-0.3, -0.25) is 0 Å². The van der Waals surface area contributed by atoms with Crippen LogP contribution in [0.25, 0.3) is 0 Å². The van der Waals surface area contributed by atoms with E-state index in [0.29, 0.717) is 0 Å². The normalized spacial score (nSPS) is 12.0. The number of hydrogen-bond acceptors (Lipinski definition) is 1. The molecule has 0 atom stereocenters. The van der Waals surface area contributed by atoms with E-state index in [1.807, 2.05) is 0 Å². The van der Waals surface area contributed by atoms with Crippen LogP contribution in [0.1, 0.15) is 34.6 Å². The quantitative estimate of drug-likeness (QED) is 0.584. The maximum atomic E-state index is 5.45. The molecule has 0 aromatic heterocycles. The Labute approximate surface area is 72.3 Å². The highest BCUT2D eigenvalue weighted by molar-refractivity contribution is 7.58. The first-order valence-electron chi connectivity index (χ1n) is 4.43. The monoisotopic (exact) mass is 176 g/mol. The highest BCUT2D eigenvalue weighted by Gasteiger charge is 2.15. The molecule has 0 aromatic rings. The van der Waals surface area contributed by atoms with Crippen LogP contribution < -0.4 is 0 Å². The zero-order valence-corrected chi connectivity index (χ0v) is 9.32. The predicted octanol–water partition coefficient (Wildman–Crippen LogP) is 3.28.